The Labute approximate surface area is 97.8 Å². The first kappa shape index (κ1) is 14.2. The average Bonchev–Trinajstić information content (AvgIpc) is 2.20. The Morgan fingerprint density at radius 2 is 2.20 bits per heavy atom. The molecule has 0 bridgehead atoms. The largest absolute Gasteiger partial charge is 0.468 e. The summed E-state index contributed by atoms with van der Waals surface area (Å²) in [5.74, 6) is -1.23. The monoisotopic (exact) mass is 253 g/mol. The van der Waals surface area contributed by atoms with Crippen LogP contribution >= 0.6 is 24.0 Å². The molecule has 1 atom stereocenters. The fourth-order valence-electron chi connectivity index (χ4n) is 0.969. The van der Waals surface area contributed by atoms with Crippen LogP contribution in [0.1, 0.15) is 11.6 Å². The van der Waals surface area contributed by atoms with E-state index in [1.165, 1.54) is 19.2 Å². The van der Waals surface area contributed by atoms with E-state index in [-0.39, 0.29) is 17.4 Å². The summed E-state index contributed by atoms with van der Waals surface area (Å²) in [5, 5.41) is -0.00850. The highest BCUT2D eigenvalue weighted by atomic mass is 35.5. The Kier molecular flexibility index (Phi) is 5.57. The summed E-state index contributed by atoms with van der Waals surface area (Å²) in [6.07, 6.45) is 0. The molecule has 1 rings (SSSR count). The highest BCUT2D eigenvalue weighted by molar-refractivity contribution is 6.30. The Balaban J connectivity index is 0.00000196. The van der Waals surface area contributed by atoms with E-state index in [0.717, 1.165) is 6.07 Å². The number of carbonyl (C=O) groups excluding carboxylic acids is 1. The van der Waals surface area contributed by atoms with Crippen LogP contribution in [0.15, 0.2) is 18.2 Å². The molecule has 0 aliphatic rings. The molecule has 84 valence electrons. The molecule has 0 heterocycles. The van der Waals surface area contributed by atoms with E-state index < -0.39 is 17.8 Å². The molecule has 0 saturated heterocycles. The second-order valence-electron chi connectivity index (χ2n) is 2.67. The zero-order valence-electron chi connectivity index (χ0n) is 7.87. The van der Waals surface area contributed by atoms with Crippen LogP contribution in [0.2, 0.25) is 5.02 Å². The van der Waals surface area contributed by atoms with Gasteiger partial charge in [-0.3, -0.25) is 4.79 Å². The minimum absolute atomic E-state index is 0. The van der Waals surface area contributed by atoms with Crippen molar-refractivity contribution in [3.05, 3.63) is 34.6 Å². The van der Waals surface area contributed by atoms with Crippen molar-refractivity contribution in [3.8, 4) is 0 Å². The second-order valence-corrected chi connectivity index (χ2v) is 3.08. The fraction of sp³-hybridized carbons (Fsp3) is 0.222. The van der Waals surface area contributed by atoms with Gasteiger partial charge in [0.25, 0.3) is 0 Å². The van der Waals surface area contributed by atoms with E-state index >= 15 is 0 Å². The summed E-state index contributed by atoms with van der Waals surface area (Å²) < 4.78 is 17.4. The second kappa shape index (κ2) is 5.90. The van der Waals surface area contributed by atoms with E-state index in [4.69, 9.17) is 17.3 Å². The van der Waals surface area contributed by atoms with Gasteiger partial charge in [0.15, 0.2) is 0 Å². The SMILES string of the molecule is COC(=O)[C@H](N)c1ccc(Cl)c(F)c1.Cl. The maximum atomic E-state index is 13.0. The lowest BCUT2D eigenvalue weighted by Crippen LogP contribution is -2.22. The topological polar surface area (TPSA) is 52.3 Å². The molecule has 1 aromatic carbocycles. The highest BCUT2D eigenvalue weighted by Gasteiger charge is 2.17. The molecule has 3 nitrogen and oxygen atoms in total. The van der Waals surface area contributed by atoms with Gasteiger partial charge in [-0.25, -0.2) is 4.39 Å². The first-order chi connectivity index (χ1) is 6.56. The molecule has 0 amide bonds. The lowest BCUT2D eigenvalue weighted by molar-refractivity contribution is -0.142. The van der Waals surface area contributed by atoms with E-state index in [1.807, 2.05) is 0 Å². The van der Waals surface area contributed by atoms with Gasteiger partial charge in [-0.05, 0) is 17.7 Å². The van der Waals surface area contributed by atoms with Crippen LogP contribution in [0.5, 0.6) is 0 Å². The van der Waals surface area contributed by atoms with E-state index in [2.05, 4.69) is 4.74 Å². The van der Waals surface area contributed by atoms with Crippen LogP contribution in [-0.4, -0.2) is 13.1 Å². The van der Waals surface area contributed by atoms with Gasteiger partial charge >= 0.3 is 5.97 Å². The highest BCUT2D eigenvalue weighted by Crippen LogP contribution is 2.19. The minimum Gasteiger partial charge on any atom is -0.468 e. The van der Waals surface area contributed by atoms with Crippen molar-refractivity contribution >= 4 is 30.0 Å². The summed E-state index contributed by atoms with van der Waals surface area (Å²) >= 11 is 5.47. The van der Waals surface area contributed by atoms with Gasteiger partial charge in [0, 0.05) is 0 Å². The number of hydrogen-bond donors (Lipinski definition) is 1. The van der Waals surface area contributed by atoms with E-state index in [1.54, 1.807) is 0 Å². The Hall–Kier alpha value is -0.840. The summed E-state index contributed by atoms with van der Waals surface area (Å²) in [4.78, 5) is 11.0. The maximum Gasteiger partial charge on any atom is 0.327 e. The molecule has 2 N–H and O–H groups in total. The van der Waals surface area contributed by atoms with Gasteiger partial charge < -0.3 is 10.5 Å². The molecule has 15 heavy (non-hydrogen) atoms. The van der Waals surface area contributed by atoms with E-state index in [0.29, 0.717) is 5.56 Å². The molecule has 0 fully saturated rings. The maximum absolute atomic E-state index is 13.0. The van der Waals surface area contributed by atoms with Gasteiger partial charge in [-0.2, -0.15) is 0 Å². The average molecular weight is 254 g/mol. The van der Waals surface area contributed by atoms with E-state index in [9.17, 15) is 9.18 Å². The molecule has 0 saturated carbocycles. The summed E-state index contributed by atoms with van der Waals surface area (Å²) in [6.45, 7) is 0. The number of nitrogens with two attached hydrogens (primary N) is 1. The van der Waals surface area contributed by atoms with Crippen LogP contribution in [-0.2, 0) is 9.53 Å². The summed E-state index contributed by atoms with van der Waals surface area (Å²) in [6, 6.07) is 2.96. The number of halogens is 3. The number of methoxy groups -OCH3 is 1. The molecular weight excluding hydrogens is 244 g/mol. The molecule has 0 aromatic heterocycles. The van der Waals surface area contributed by atoms with Crippen molar-refractivity contribution in [1.82, 2.24) is 0 Å². The van der Waals surface area contributed by atoms with Crippen molar-refractivity contribution in [2.75, 3.05) is 7.11 Å². The fourth-order valence-corrected chi connectivity index (χ4v) is 1.09. The lowest BCUT2D eigenvalue weighted by Gasteiger charge is -2.09. The van der Waals surface area contributed by atoms with Crippen molar-refractivity contribution in [2.45, 2.75) is 6.04 Å². The van der Waals surface area contributed by atoms with Gasteiger partial charge in [0.2, 0.25) is 0 Å². The molecule has 6 heteroatoms. The summed E-state index contributed by atoms with van der Waals surface area (Å²) in [7, 11) is 1.22. The third kappa shape index (κ3) is 3.34. The Morgan fingerprint density at radius 3 is 2.67 bits per heavy atom. The van der Waals surface area contributed by atoms with Gasteiger partial charge in [-0.15, -0.1) is 12.4 Å². The van der Waals surface area contributed by atoms with Gasteiger partial charge in [-0.1, -0.05) is 17.7 Å². The number of hydrogen-bond acceptors (Lipinski definition) is 3. The predicted octanol–water partition coefficient (Wildman–Crippen LogP) is 2.07. The predicted molar refractivity (Wildman–Crippen MR) is 57.6 cm³/mol. The third-order valence-corrected chi connectivity index (χ3v) is 2.06. The van der Waals surface area contributed by atoms with Crippen molar-refractivity contribution < 1.29 is 13.9 Å². The number of ether oxygens (including phenoxy) is 1. The first-order valence-electron chi connectivity index (χ1n) is 3.84. The minimum atomic E-state index is -0.980. The smallest absolute Gasteiger partial charge is 0.327 e. The summed E-state index contributed by atoms with van der Waals surface area (Å²) in [5.41, 5.74) is 5.82. The van der Waals surface area contributed by atoms with Gasteiger partial charge in [0.1, 0.15) is 11.9 Å². The lowest BCUT2D eigenvalue weighted by atomic mass is 10.1. The zero-order valence-corrected chi connectivity index (χ0v) is 9.44. The van der Waals surface area contributed by atoms with Crippen LogP contribution in [0, 0.1) is 5.82 Å². The van der Waals surface area contributed by atoms with Crippen LogP contribution < -0.4 is 5.73 Å². The standard InChI is InChI=1S/C9H9ClFNO2.ClH/c1-14-9(13)8(12)5-2-3-6(10)7(11)4-5;/h2-4,8H,12H2,1H3;1H/t8-;/m1./s1. The number of benzene rings is 1. The van der Waals surface area contributed by atoms with Crippen LogP contribution in [0.4, 0.5) is 4.39 Å². The van der Waals surface area contributed by atoms with Crippen molar-refractivity contribution in [2.24, 2.45) is 5.73 Å². The number of esters is 1. The van der Waals surface area contributed by atoms with Crippen molar-refractivity contribution in [3.63, 3.8) is 0 Å². The molecule has 0 aliphatic carbocycles. The van der Waals surface area contributed by atoms with Crippen LogP contribution in [0.3, 0.4) is 0 Å². The molecule has 0 aliphatic heterocycles. The molecule has 0 spiro atoms. The van der Waals surface area contributed by atoms with Crippen LogP contribution in [0.25, 0.3) is 0 Å². The Morgan fingerprint density at radius 1 is 1.60 bits per heavy atom. The first-order valence-corrected chi connectivity index (χ1v) is 4.22. The molecular formula is C9H10Cl2FNO2. The zero-order chi connectivity index (χ0) is 10.7. The molecule has 0 unspecified atom stereocenters. The number of carbonyl (C=O) groups is 1. The third-order valence-electron chi connectivity index (χ3n) is 1.76. The molecule has 1 aromatic rings. The number of rotatable bonds is 2. The van der Waals surface area contributed by atoms with Gasteiger partial charge in [0.05, 0.1) is 12.1 Å². The molecule has 0 radical (unpaired) electrons. The Bertz CT molecular complexity index is 360. The normalized spacial score (nSPS) is 11.5. The van der Waals surface area contributed by atoms with Crippen molar-refractivity contribution in [1.29, 1.82) is 0 Å². The quantitative estimate of drug-likeness (QED) is 0.822.